The molecule has 3 heterocycles. The van der Waals surface area contributed by atoms with Gasteiger partial charge in [0.05, 0.1) is 12.2 Å². The predicted molar refractivity (Wildman–Crippen MR) is 130 cm³/mol. The topological polar surface area (TPSA) is 99.6 Å². The molecule has 0 atom stereocenters. The van der Waals surface area contributed by atoms with E-state index in [0.717, 1.165) is 41.9 Å². The first kappa shape index (κ1) is 28.9. The second kappa shape index (κ2) is 12.4. The summed E-state index contributed by atoms with van der Waals surface area (Å²) in [6.45, 7) is 1.24. The highest BCUT2D eigenvalue weighted by Crippen LogP contribution is 2.33. The van der Waals surface area contributed by atoms with Crippen LogP contribution in [0, 0.1) is 12.7 Å². The third-order valence-electron chi connectivity index (χ3n) is 6.22. The van der Waals surface area contributed by atoms with Gasteiger partial charge in [-0.3, -0.25) is 9.78 Å². The lowest BCUT2D eigenvalue weighted by molar-refractivity contribution is -0.142. The first-order valence-corrected chi connectivity index (χ1v) is 12.4. The molecule has 0 radical (unpaired) electrons. The number of aryl methyl sites for hydroxylation is 1. The van der Waals surface area contributed by atoms with Crippen molar-refractivity contribution in [1.82, 2.24) is 29.9 Å². The van der Waals surface area contributed by atoms with Gasteiger partial charge in [0, 0.05) is 18.0 Å². The van der Waals surface area contributed by atoms with Gasteiger partial charge in [0.15, 0.2) is 5.69 Å². The summed E-state index contributed by atoms with van der Waals surface area (Å²) in [7, 11) is 0. The van der Waals surface area contributed by atoms with Crippen molar-refractivity contribution in [3.05, 3.63) is 87.3 Å². The number of nitrogens with zero attached hydrogens (tertiary/aromatic N) is 6. The van der Waals surface area contributed by atoms with Crippen molar-refractivity contribution in [3.63, 3.8) is 0 Å². The molecule has 1 aromatic carbocycles. The number of rotatable bonds is 5. The van der Waals surface area contributed by atoms with E-state index in [9.17, 15) is 31.1 Å². The van der Waals surface area contributed by atoms with Crippen LogP contribution >= 0.6 is 0 Å². The zero-order chi connectivity index (χ0) is 28.9. The Balaban J connectivity index is 0.000000398. The molecular formula is C26H24F6N6O2. The standard InChI is InChI=1S/C19H17F5N6O2.C7H7F/c20-15(21)17-28-27-16(32-17)12-8-11(10-4-2-1-3-5-10)18(31)30(29-12)9-13-14(19(22,23)24)26-7-6-25-13;1-6-3-2-4-7(8)5-6/h6-8,10,15H,1-5,9H2;2-5H,1H3. The van der Waals surface area contributed by atoms with Crippen LogP contribution in [0.25, 0.3) is 11.6 Å². The van der Waals surface area contributed by atoms with Crippen molar-refractivity contribution in [2.45, 2.75) is 64.1 Å². The molecule has 0 amide bonds. The molecule has 40 heavy (non-hydrogen) atoms. The molecule has 0 spiro atoms. The monoisotopic (exact) mass is 566 g/mol. The molecule has 0 N–H and O–H groups in total. The number of benzene rings is 1. The van der Waals surface area contributed by atoms with Gasteiger partial charge >= 0.3 is 12.6 Å². The molecule has 212 valence electrons. The Hall–Kier alpha value is -4.10. The van der Waals surface area contributed by atoms with Crippen LogP contribution in [-0.4, -0.2) is 29.9 Å². The van der Waals surface area contributed by atoms with E-state index in [1.54, 1.807) is 6.07 Å². The van der Waals surface area contributed by atoms with Crippen LogP contribution in [0.4, 0.5) is 26.3 Å². The largest absolute Gasteiger partial charge is 0.435 e. The number of alkyl halides is 5. The second-order valence-corrected chi connectivity index (χ2v) is 9.18. The zero-order valence-corrected chi connectivity index (χ0v) is 21.2. The van der Waals surface area contributed by atoms with Gasteiger partial charge in [-0.05, 0) is 49.4 Å². The fourth-order valence-electron chi connectivity index (χ4n) is 4.37. The van der Waals surface area contributed by atoms with Crippen LogP contribution in [0.2, 0.25) is 0 Å². The van der Waals surface area contributed by atoms with Gasteiger partial charge in [-0.1, -0.05) is 31.4 Å². The van der Waals surface area contributed by atoms with Gasteiger partial charge in [-0.15, -0.1) is 10.2 Å². The Morgan fingerprint density at radius 1 is 1.05 bits per heavy atom. The van der Waals surface area contributed by atoms with Crippen LogP contribution in [0.15, 0.2) is 51.9 Å². The number of hydrogen-bond donors (Lipinski definition) is 0. The molecular weight excluding hydrogens is 542 g/mol. The summed E-state index contributed by atoms with van der Waals surface area (Å²) >= 11 is 0. The van der Waals surface area contributed by atoms with Gasteiger partial charge in [-0.2, -0.15) is 27.1 Å². The Morgan fingerprint density at radius 3 is 2.38 bits per heavy atom. The number of halogens is 6. The summed E-state index contributed by atoms with van der Waals surface area (Å²) in [5.74, 6) is -1.59. The summed E-state index contributed by atoms with van der Waals surface area (Å²) < 4.78 is 83.6. The minimum absolute atomic E-state index is 0.0815. The molecule has 3 aromatic heterocycles. The summed E-state index contributed by atoms with van der Waals surface area (Å²) in [5, 5.41) is 10.8. The zero-order valence-electron chi connectivity index (χ0n) is 21.2. The first-order valence-electron chi connectivity index (χ1n) is 12.4. The highest BCUT2D eigenvalue weighted by Gasteiger charge is 2.36. The molecule has 0 saturated heterocycles. The summed E-state index contributed by atoms with van der Waals surface area (Å²) in [5.41, 5.74) is -1.14. The Kier molecular flexibility index (Phi) is 8.95. The quantitative estimate of drug-likeness (QED) is 0.263. The summed E-state index contributed by atoms with van der Waals surface area (Å²) in [6, 6.07) is 7.89. The van der Waals surface area contributed by atoms with Crippen molar-refractivity contribution in [2.24, 2.45) is 0 Å². The van der Waals surface area contributed by atoms with Crippen LogP contribution in [0.3, 0.4) is 0 Å². The number of hydrogen-bond acceptors (Lipinski definition) is 7. The maximum Gasteiger partial charge on any atom is 0.435 e. The van der Waals surface area contributed by atoms with Crippen LogP contribution in [-0.2, 0) is 12.7 Å². The summed E-state index contributed by atoms with van der Waals surface area (Å²) in [4.78, 5) is 20.2. The Morgan fingerprint density at radius 2 is 1.77 bits per heavy atom. The predicted octanol–water partition coefficient (Wildman–Crippen LogP) is 6.27. The molecule has 1 fully saturated rings. The van der Waals surface area contributed by atoms with E-state index >= 15 is 0 Å². The minimum Gasteiger partial charge on any atom is -0.413 e. The maximum absolute atomic E-state index is 13.3. The normalized spacial score (nSPS) is 14.2. The van der Waals surface area contributed by atoms with Gasteiger partial charge < -0.3 is 4.42 Å². The Labute approximate surface area is 224 Å². The second-order valence-electron chi connectivity index (χ2n) is 9.18. The van der Waals surface area contributed by atoms with E-state index < -0.39 is 42.0 Å². The van der Waals surface area contributed by atoms with E-state index in [4.69, 9.17) is 4.42 Å². The van der Waals surface area contributed by atoms with E-state index in [1.807, 2.05) is 13.0 Å². The van der Waals surface area contributed by atoms with E-state index in [0.29, 0.717) is 18.4 Å². The molecule has 0 bridgehead atoms. The average molecular weight is 567 g/mol. The van der Waals surface area contributed by atoms with Crippen molar-refractivity contribution in [3.8, 4) is 11.6 Å². The van der Waals surface area contributed by atoms with Crippen molar-refractivity contribution < 1.29 is 30.8 Å². The van der Waals surface area contributed by atoms with E-state index in [-0.39, 0.29) is 23.3 Å². The highest BCUT2D eigenvalue weighted by atomic mass is 19.4. The lowest BCUT2D eigenvalue weighted by Crippen LogP contribution is -2.30. The smallest absolute Gasteiger partial charge is 0.413 e. The van der Waals surface area contributed by atoms with Crippen molar-refractivity contribution in [2.75, 3.05) is 0 Å². The molecule has 1 aliphatic rings. The fourth-order valence-corrected chi connectivity index (χ4v) is 4.37. The van der Waals surface area contributed by atoms with Crippen LogP contribution in [0.1, 0.15) is 72.9 Å². The van der Waals surface area contributed by atoms with Gasteiger partial charge in [0.25, 0.3) is 17.3 Å². The molecule has 0 unspecified atom stereocenters. The first-order chi connectivity index (χ1) is 19.0. The van der Waals surface area contributed by atoms with Crippen molar-refractivity contribution in [1.29, 1.82) is 0 Å². The fraction of sp³-hybridized carbons (Fsp3) is 0.385. The maximum atomic E-state index is 13.3. The van der Waals surface area contributed by atoms with Crippen molar-refractivity contribution >= 4 is 0 Å². The minimum atomic E-state index is -4.78. The van der Waals surface area contributed by atoms with Gasteiger partial charge in [-0.25, -0.2) is 14.1 Å². The number of aromatic nitrogens is 6. The molecule has 1 aliphatic carbocycles. The highest BCUT2D eigenvalue weighted by molar-refractivity contribution is 5.47. The molecule has 4 aromatic rings. The Bertz CT molecular complexity index is 1480. The average Bonchev–Trinajstić information content (AvgIpc) is 3.41. The third-order valence-corrected chi connectivity index (χ3v) is 6.22. The summed E-state index contributed by atoms with van der Waals surface area (Å²) in [6.07, 6.45) is -1.60. The SMILES string of the molecule is Cc1cccc(F)c1.O=c1c(C2CCCCC2)cc(-c2nnc(C(F)F)o2)nn1Cc1nccnc1C(F)(F)F. The van der Waals surface area contributed by atoms with E-state index in [1.165, 1.54) is 18.2 Å². The molecule has 1 saturated carbocycles. The lowest BCUT2D eigenvalue weighted by atomic mass is 9.84. The van der Waals surface area contributed by atoms with Gasteiger partial charge in [0.1, 0.15) is 11.5 Å². The molecule has 5 rings (SSSR count). The lowest BCUT2D eigenvalue weighted by Gasteiger charge is -2.22. The molecule has 0 aliphatic heterocycles. The van der Waals surface area contributed by atoms with Gasteiger partial charge in [0.2, 0.25) is 0 Å². The molecule has 8 nitrogen and oxygen atoms in total. The van der Waals surface area contributed by atoms with Crippen LogP contribution in [0.5, 0.6) is 0 Å². The van der Waals surface area contributed by atoms with Crippen LogP contribution < -0.4 is 5.56 Å². The van der Waals surface area contributed by atoms with E-state index in [2.05, 4.69) is 25.3 Å². The third kappa shape index (κ3) is 7.10. The molecule has 14 heteroatoms.